The van der Waals surface area contributed by atoms with E-state index >= 15 is 0 Å². The average Bonchev–Trinajstić information content (AvgIpc) is 2.12. The summed E-state index contributed by atoms with van der Waals surface area (Å²) in [5, 5.41) is 0. The zero-order valence-electron chi connectivity index (χ0n) is 10.2. The monoisotopic (exact) mass is 366 g/mol. The largest absolute Gasteiger partial charge is 0.524 e. The van der Waals surface area contributed by atoms with E-state index in [0.29, 0.717) is 5.57 Å². The molecular weight excluding hydrogens is 358 g/mol. The molecule has 0 spiro atoms. The standard InChI is InChI=1S/C5H8O.C2F6O5S2/c1-4(2)5(3)6;3-1(4,5)14(9,10)13-15(11,12)2(6,7)8/h1H2,2-3H3;. The van der Waals surface area contributed by atoms with Crippen LogP contribution in [0.2, 0.25) is 0 Å². The van der Waals surface area contributed by atoms with E-state index in [0.717, 1.165) is 0 Å². The maximum Gasteiger partial charge on any atom is 0.524 e. The zero-order valence-corrected chi connectivity index (χ0v) is 11.9. The first-order valence-corrected chi connectivity index (χ1v) is 7.17. The summed E-state index contributed by atoms with van der Waals surface area (Å²) in [6.45, 7) is 6.60. The van der Waals surface area contributed by atoms with Gasteiger partial charge in [-0.2, -0.15) is 43.2 Å². The average molecular weight is 366 g/mol. The highest BCUT2D eigenvalue weighted by atomic mass is 32.3. The molecule has 0 aliphatic carbocycles. The molecule has 0 unspecified atom stereocenters. The molecule has 6 nitrogen and oxygen atoms in total. The summed E-state index contributed by atoms with van der Waals surface area (Å²) in [5.41, 5.74) is -11.9. The number of allylic oxidation sites excluding steroid dienone is 1. The maximum absolute atomic E-state index is 11.4. The Labute approximate surface area is 115 Å². The Morgan fingerprint density at radius 1 is 0.857 bits per heavy atom. The molecule has 0 fully saturated rings. The summed E-state index contributed by atoms with van der Waals surface area (Å²) < 4.78 is 110. The SMILES string of the molecule is C=C(C)C(C)=O.O=S(=O)(OS(=O)(=O)C(F)(F)F)C(F)(F)F. The molecule has 0 aromatic carbocycles. The number of hydrogen-bond acceptors (Lipinski definition) is 6. The van der Waals surface area contributed by atoms with E-state index in [1.54, 1.807) is 6.92 Å². The van der Waals surface area contributed by atoms with Crippen molar-refractivity contribution in [3.05, 3.63) is 12.2 Å². The lowest BCUT2D eigenvalue weighted by molar-refractivity contribution is -0.113. The molecule has 0 saturated heterocycles. The van der Waals surface area contributed by atoms with E-state index in [-0.39, 0.29) is 5.78 Å². The van der Waals surface area contributed by atoms with Crippen LogP contribution in [0.1, 0.15) is 13.8 Å². The first-order valence-electron chi connectivity index (χ1n) is 4.35. The van der Waals surface area contributed by atoms with Gasteiger partial charge in [-0.05, 0) is 19.4 Å². The Bertz CT molecular complexity index is 542. The summed E-state index contributed by atoms with van der Waals surface area (Å²) in [6.07, 6.45) is 0. The van der Waals surface area contributed by atoms with Gasteiger partial charge in [0.25, 0.3) is 0 Å². The second-order valence-electron chi connectivity index (χ2n) is 3.20. The molecule has 0 aromatic heterocycles. The number of rotatable bonds is 3. The number of halogens is 6. The number of carbonyl (C=O) groups excluding carboxylic acids is 1. The number of hydrogen-bond donors (Lipinski definition) is 0. The Kier molecular flexibility index (Phi) is 7.11. The van der Waals surface area contributed by atoms with E-state index < -0.39 is 31.3 Å². The molecular formula is C7H8F6O6S2. The molecule has 0 heterocycles. The van der Waals surface area contributed by atoms with Gasteiger partial charge in [0.05, 0.1) is 0 Å². The van der Waals surface area contributed by atoms with Crippen molar-refractivity contribution in [3.8, 4) is 0 Å². The Morgan fingerprint density at radius 2 is 1.05 bits per heavy atom. The van der Waals surface area contributed by atoms with Crippen molar-refractivity contribution < 1.29 is 51.6 Å². The van der Waals surface area contributed by atoms with Crippen LogP contribution in [0.25, 0.3) is 0 Å². The molecule has 0 amide bonds. The molecule has 0 bridgehead atoms. The molecule has 126 valence electrons. The van der Waals surface area contributed by atoms with Crippen LogP contribution in [0.15, 0.2) is 12.2 Å². The van der Waals surface area contributed by atoms with Gasteiger partial charge in [-0.15, -0.1) is 3.63 Å². The quantitative estimate of drug-likeness (QED) is 0.430. The molecule has 14 heteroatoms. The van der Waals surface area contributed by atoms with E-state index in [1.807, 2.05) is 3.63 Å². The second kappa shape index (κ2) is 6.74. The van der Waals surface area contributed by atoms with Gasteiger partial charge >= 0.3 is 31.3 Å². The summed E-state index contributed by atoms with van der Waals surface area (Å²) in [7, 11) is -13.7. The van der Waals surface area contributed by atoms with Gasteiger partial charge in [-0.1, -0.05) is 6.58 Å². The number of alkyl halides is 6. The van der Waals surface area contributed by atoms with Crippen molar-refractivity contribution in [2.75, 3.05) is 0 Å². The lowest BCUT2D eigenvalue weighted by Gasteiger charge is -2.09. The van der Waals surface area contributed by atoms with Crippen LogP contribution in [0.4, 0.5) is 26.3 Å². The molecule has 0 rings (SSSR count). The second-order valence-corrected chi connectivity index (χ2v) is 6.49. The fraction of sp³-hybridized carbons (Fsp3) is 0.571. The molecule has 0 aromatic rings. The fourth-order valence-corrected chi connectivity index (χ4v) is 1.76. The van der Waals surface area contributed by atoms with Gasteiger partial charge in [0, 0.05) is 0 Å². The zero-order chi connectivity index (χ0) is 17.9. The number of ketones is 1. The molecule has 0 radical (unpaired) electrons. The number of carbonyl (C=O) groups is 1. The third-order valence-corrected chi connectivity index (χ3v) is 3.91. The van der Waals surface area contributed by atoms with Crippen molar-refractivity contribution >= 4 is 26.0 Å². The molecule has 0 atom stereocenters. The van der Waals surface area contributed by atoms with Gasteiger partial charge in [0.15, 0.2) is 5.78 Å². The van der Waals surface area contributed by atoms with E-state index in [9.17, 15) is 48.0 Å². The third kappa shape index (κ3) is 7.42. The Morgan fingerprint density at radius 3 is 1.14 bits per heavy atom. The van der Waals surface area contributed by atoms with Gasteiger partial charge in [0.2, 0.25) is 0 Å². The molecule has 21 heavy (non-hydrogen) atoms. The van der Waals surface area contributed by atoms with Crippen LogP contribution in [-0.4, -0.2) is 33.6 Å². The first-order chi connectivity index (χ1) is 8.85. The smallest absolute Gasteiger partial charge is 0.295 e. The fourth-order valence-electron chi connectivity index (χ4n) is 0.195. The molecule has 0 aliphatic heterocycles. The van der Waals surface area contributed by atoms with Crippen molar-refractivity contribution in [2.45, 2.75) is 24.9 Å². The third-order valence-electron chi connectivity index (χ3n) is 1.35. The highest BCUT2D eigenvalue weighted by Gasteiger charge is 2.57. The van der Waals surface area contributed by atoms with Crippen LogP contribution in [0.5, 0.6) is 0 Å². The normalized spacial score (nSPS) is 13.1. The molecule has 0 saturated carbocycles. The molecule has 0 N–H and O–H groups in total. The van der Waals surface area contributed by atoms with Gasteiger partial charge in [0.1, 0.15) is 0 Å². The predicted molar refractivity (Wildman–Crippen MR) is 56.5 cm³/mol. The highest BCUT2D eigenvalue weighted by Crippen LogP contribution is 2.32. The van der Waals surface area contributed by atoms with Crippen LogP contribution in [0, 0.1) is 0 Å². The maximum atomic E-state index is 11.4. The Balaban J connectivity index is 0. The summed E-state index contributed by atoms with van der Waals surface area (Å²) in [6, 6.07) is 0. The topological polar surface area (TPSA) is 94.6 Å². The van der Waals surface area contributed by atoms with Crippen LogP contribution < -0.4 is 0 Å². The minimum absolute atomic E-state index is 0.0648. The van der Waals surface area contributed by atoms with E-state index in [2.05, 4.69) is 6.58 Å². The van der Waals surface area contributed by atoms with Crippen LogP contribution >= 0.6 is 0 Å². The minimum atomic E-state index is -6.85. The lowest BCUT2D eigenvalue weighted by atomic mass is 10.3. The van der Waals surface area contributed by atoms with E-state index in [1.165, 1.54) is 6.92 Å². The van der Waals surface area contributed by atoms with E-state index in [4.69, 9.17) is 0 Å². The molecule has 0 aliphatic rings. The van der Waals surface area contributed by atoms with Gasteiger partial charge in [-0.3, -0.25) is 4.79 Å². The number of Topliss-reactive ketones (excluding diaryl/α,β-unsaturated/α-hetero) is 1. The van der Waals surface area contributed by atoms with Crippen molar-refractivity contribution in [3.63, 3.8) is 0 Å². The van der Waals surface area contributed by atoms with Crippen molar-refractivity contribution in [1.29, 1.82) is 0 Å². The predicted octanol–water partition coefficient (Wildman–Crippen LogP) is 1.85. The minimum Gasteiger partial charge on any atom is -0.295 e. The summed E-state index contributed by atoms with van der Waals surface area (Å²) >= 11 is 0. The van der Waals surface area contributed by atoms with Crippen LogP contribution in [-0.2, 0) is 28.7 Å². The Hall–Kier alpha value is -1.15. The highest BCUT2D eigenvalue weighted by molar-refractivity contribution is 8.00. The van der Waals surface area contributed by atoms with Crippen LogP contribution in [0.3, 0.4) is 0 Å². The van der Waals surface area contributed by atoms with Gasteiger partial charge in [-0.25, -0.2) is 0 Å². The lowest BCUT2D eigenvalue weighted by Crippen LogP contribution is -2.34. The summed E-state index contributed by atoms with van der Waals surface area (Å²) in [5.74, 6) is 0.0648. The first kappa shape index (κ1) is 22.1. The summed E-state index contributed by atoms with van der Waals surface area (Å²) in [4.78, 5) is 10.0. The van der Waals surface area contributed by atoms with Gasteiger partial charge < -0.3 is 0 Å². The van der Waals surface area contributed by atoms with Crippen molar-refractivity contribution in [1.82, 2.24) is 0 Å². The van der Waals surface area contributed by atoms with Crippen molar-refractivity contribution in [2.24, 2.45) is 0 Å².